The summed E-state index contributed by atoms with van der Waals surface area (Å²) in [6, 6.07) is 6.39. The highest BCUT2D eigenvalue weighted by atomic mass is 32.1. The summed E-state index contributed by atoms with van der Waals surface area (Å²) in [6.07, 6.45) is 2.90. The molecule has 0 spiro atoms. The van der Waals surface area contributed by atoms with Crippen molar-refractivity contribution in [3.05, 3.63) is 23.8 Å². The number of fused-ring (bicyclic) bond motifs is 1. The molecular weight excluding hydrogens is 346 g/mol. The van der Waals surface area contributed by atoms with Crippen molar-refractivity contribution in [1.82, 2.24) is 10.3 Å². The number of aromatic nitrogens is 1. The van der Waals surface area contributed by atoms with Crippen LogP contribution in [-0.2, 0) is 9.53 Å². The van der Waals surface area contributed by atoms with Gasteiger partial charge in [-0.3, -0.25) is 4.79 Å². The van der Waals surface area contributed by atoms with E-state index in [9.17, 15) is 4.79 Å². The van der Waals surface area contributed by atoms with Crippen LogP contribution in [0.4, 0.5) is 5.13 Å². The quantitative estimate of drug-likeness (QED) is 0.749. The molecule has 1 aromatic carbocycles. The molecule has 26 heavy (non-hydrogen) atoms. The minimum Gasteiger partial charge on any atom is -0.379 e. The molecule has 1 aliphatic rings. The zero-order valence-electron chi connectivity index (χ0n) is 16.0. The standard InChI is InChI=1S/C20H29N3O2S/c1-14(2)25-12-4-9-21-19(24)16-7-10-23(11-8-16)20-22-17-6-5-15(3)13-18(17)26-20/h5-6,13-14,16H,4,7-12H2,1-3H3,(H,21,24). The summed E-state index contributed by atoms with van der Waals surface area (Å²) in [5.41, 5.74) is 2.33. The molecule has 6 heteroatoms. The molecule has 142 valence electrons. The monoisotopic (exact) mass is 375 g/mol. The first kappa shape index (κ1) is 19.1. The predicted molar refractivity (Wildman–Crippen MR) is 108 cm³/mol. The Kier molecular flexibility index (Phi) is 6.48. The molecular formula is C20H29N3O2S. The van der Waals surface area contributed by atoms with Gasteiger partial charge in [-0.1, -0.05) is 17.4 Å². The van der Waals surface area contributed by atoms with Crippen molar-refractivity contribution in [2.75, 3.05) is 31.1 Å². The molecule has 2 heterocycles. The second-order valence-corrected chi connectivity index (χ2v) is 8.30. The van der Waals surface area contributed by atoms with Gasteiger partial charge in [0.2, 0.25) is 5.91 Å². The van der Waals surface area contributed by atoms with E-state index in [0.717, 1.165) is 43.0 Å². The van der Waals surface area contributed by atoms with Crippen LogP contribution in [-0.4, -0.2) is 43.2 Å². The van der Waals surface area contributed by atoms with Gasteiger partial charge in [-0.25, -0.2) is 4.98 Å². The number of amides is 1. The van der Waals surface area contributed by atoms with Gasteiger partial charge < -0.3 is 15.0 Å². The van der Waals surface area contributed by atoms with Crippen molar-refractivity contribution in [2.24, 2.45) is 5.92 Å². The van der Waals surface area contributed by atoms with Gasteiger partial charge in [-0.15, -0.1) is 0 Å². The Morgan fingerprint density at radius 3 is 2.88 bits per heavy atom. The number of anilines is 1. The van der Waals surface area contributed by atoms with Crippen LogP contribution in [0.15, 0.2) is 18.2 Å². The molecule has 0 atom stereocenters. The van der Waals surface area contributed by atoms with E-state index in [4.69, 9.17) is 9.72 Å². The number of carbonyl (C=O) groups excluding carboxylic acids is 1. The molecule has 1 fully saturated rings. The number of nitrogens with zero attached hydrogens (tertiary/aromatic N) is 2. The number of piperidine rings is 1. The molecule has 0 saturated carbocycles. The van der Waals surface area contributed by atoms with Gasteiger partial charge in [0.15, 0.2) is 5.13 Å². The van der Waals surface area contributed by atoms with Crippen LogP contribution in [0.5, 0.6) is 0 Å². The highest BCUT2D eigenvalue weighted by molar-refractivity contribution is 7.22. The lowest BCUT2D eigenvalue weighted by Crippen LogP contribution is -2.40. The van der Waals surface area contributed by atoms with E-state index >= 15 is 0 Å². The Labute approximate surface area is 159 Å². The molecule has 2 aromatic rings. The third kappa shape index (κ3) is 4.95. The first-order valence-electron chi connectivity index (χ1n) is 9.54. The van der Waals surface area contributed by atoms with Crippen LogP contribution in [0, 0.1) is 12.8 Å². The topological polar surface area (TPSA) is 54.5 Å². The van der Waals surface area contributed by atoms with E-state index in [1.807, 2.05) is 13.8 Å². The summed E-state index contributed by atoms with van der Waals surface area (Å²) in [5, 5.41) is 4.14. The number of hydrogen-bond acceptors (Lipinski definition) is 5. The fraction of sp³-hybridized carbons (Fsp3) is 0.600. The molecule has 3 rings (SSSR count). The van der Waals surface area contributed by atoms with Crippen LogP contribution >= 0.6 is 11.3 Å². The lowest BCUT2D eigenvalue weighted by atomic mass is 9.96. The van der Waals surface area contributed by atoms with Crippen LogP contribution in [0.25, 0.3) is 10.2 Å². The molecule has 0 unspecified atom stereocenters. The van der Waals surface area contributed by atoms with Crippen molar-refractivity contribution in [3.63, 3.8) is 0 Å². The normalized spacial score (nSPS) is 15.8. The van der Waals surface area contributed by atoms with Gasteiger partial charge >= 0.3 is 0 Å². The number of thiazole rings is 1. The SMILES string of the molecule is Cc1ccc2nc(N3CCC(C(=O)NCCCOC(C)C)CC3)sc2c1. The molecule has 1 N–H and O–H groups in total. The van der Waals surface area contributed by atoms with E-state index in [-0.39, 0.29) is 17.9 Å². The van der Waals surface area contributed by atoms with E-state index in [1.165, 1.54) is 10.3 Å². The number of ether oxygens (including phenoxy) is 1. The molecule has 1 saturated heterocycles. The third-order valence-electron chi connectivity index (χ3n) is 4.74. The summed E-state index contributed by atoms with van der Waals surface area (Å²) < 4.78 is 6.74. The van der Waals surface area contributed by atoms with Gasteiger partial charge in [0, 0.05) is 32.2 Å². The van der Waals surface area contributed by atoms with Crippen molar-refractivity contribution in [1.29, 1.82) is 0 Å². The lowest BCUT2D eigenvalue weighted by Gasteiger charge is -2.31. The average Bonchev–Trinajstić information content (AvgIpc) is 3.04. The van der Waals surface area contributed by atoms with Crippen LogP contribution in [0.1, 0.15) is 38.7 Å². The van der Waals surface area contributed by atoms with Crippen LogP contribution < -0.4 is 10.2 Å². The molecule has 0 radical (unpaired) electrons. The minimum atomic E-state index is 0.119. The summed E-state index contributed by atoms with van der Waals surface area (Å²) >= 11 is 1.75. The summed E-state index contributed by atoms with van der Waals surface area (Å²) in [7, 11) is 0. The van der Waals surface area contributed by atoms with Crippen molar-refractivity contribution in [3.8, 4) is 0 Å². The van der Waals surface area contributed by atoms with Gasteiger partial charge in [0.1, 0.15) is 0 Å². The molecule has 1 aliphatic heterocycles. The summed E-state index contributed by atoms with van der Waals surface area (Å²) in [5.74, 6) is 0.308. The second-order valence-electron chi connectivity index (χ2n) is 7.29. The number of carbonyl (C=O) groups is 1. The lowest BCUT2D eigenvalue weighted by molar-refractivity contribution is -0.125. The summed E-state index contributed by atoms with van der Waals surface area (Å²) in [6.45, 7) is 9.35. The van der Waals surface area contributed by atoms with Gasteiger partial charge in [-0.2, -0.15) is 0 Å². The molecule has 5 nitrogen and oxygen atoms in total. The maximum absolute atomic E-state index is 12.3. The Morgan fingerprint density at radius 1 is 1.38 bits per heavy atom. The summed E-state index contributed by atoms with van der Waals surface area (Å²) in [4.78, 5) is 19.4. The maximum Gasteiger partial charge on any atom is 0.223 e. The second kappa shape index (κ2) is 8.82. The minimum absolute atomic E-state index is 0.119. The predicted octanol–water partition coefficient (Wildman–Crippen LogP) is 3.75. The Morgan fingerprint density at radius 2 is 2.15 bits per heavy atom. The van der Waals surface area contributed by atoms with Gasteiger partial charge in [0.05, 0.1) is 16.3 Å². The van der Waals surface area contributed by atoms with Crippen LogP contribution in [0.3, 0.4) is 0 Å². The first-order valence-corrected chi connectivity index (χ1v) is 10.4. The third-order valence-corrected chi connectivity index (χ3v) is 5.82. The van der Waals surface area contributed by atoms with Crippen LogP contribution in [0.2, 0.25) is 0 Å². The number of rotatable bonds is 7. The van der Waals surface area contributed by atoms with E-state index in [2.05, 4.69) is 35.3 Å². The largest absolute Gasteiger partial charge is 0.379 e. The van der Waals surface area contributed by atoms with E-state index in [1.54, 1.807) is 11.3 Å². The highest BCUT2D eigenvalue weighted by Crippen LogP contribution is 2.32. The van der Waals surface area contributed by atoms with Gasteiger partial charge in [-0.05, 0) is 57.7 Å². The smallest absolute Gasteiger partial charge is 0.223 e. The number of benzene rings is 1. The highest BCUT2D eigenvalue weighted by Gasteiger charge is 2.26. The average molecular weight is 376 g/mol. The zero-order chi connectivity index (χ0) is 18.5. The Balaban J connectivity index is 1.45. The Hall–Kier alpha value is -1.66. The van der Waals surface area contributed by atoms with Crippen molar-refractivity contribution in [2.45, 2.75) is 46.1 Å². The van der Waals surface area contributed by atoms with E-state index in [0.29, 0.717) is 13.2 Å². The first-order chi connectivity index (χ1) is 12.5. The fourth-order valence-corrected chi connectivity index (χ4v) is 4.35. The number of hydrogen-bond donors (Lipinski definition) is 1. The van der Waals surface area contributed by atoms with E-state index < -0.39 is 0 Å². The maximum atomic E-state index is 12.3. The van der Waals surface area contributed by atoms with Crippen molar-refractivity contribution < 1.29 is 9.53 Å². The molecule has 0 bridgehead atoms. The Bertz CT molecular complexity index is 736. The zero-order valence-corrected chi connectivity index (χ0v) is 16.8. The fourth-order valence-electron chi connectivity index (χ4n) is 3.24. The number of aryl methyl sites for hydroxylation is 1. The number of nitrogens with one attached hydrogen (secondary N) is 1. The van der Waals surface area contributed by atoms with Gasteiger partial charge in [0.25, 0.3) is 0 Å². The van der Waals surface area contributed by atoms with Crippen molar-refractivity contribution >= 4 is 32.6 Å². The molecule has 1 amide bonds. The molecule has 0 aliphatic carbocycles. The molecule has 1 aromatic heterocycles.